The van der Waals surface area contributed by atoms with Crippen molar-refractivity contribution >= 4 is 17.3 Å². The summed E-state index contributed by atoms with van der Waals surface area (Å²) in [5.41, 5.74) is 2.54. The Morgan fingerprint density at radius 1 is 0.857 bits per heavy atom. The van der Waals surface area contributed by atoms with Gasteiger partial charge in [0.1, 0.15) is 5.82 Å². The Bertz CT molecular complexity index is 1270. The van der Waals surface area contributed by atoms with Crippen LogP contribution in [-0.4, -0.2) is 63.8 Å². The molecule has 5 heterocycles. The topological polar surface area (TPSA) is 65.9 Å². The van der Waals surface area contributed by atoms with E-state index in [1.807, 2.05) is 35.0 Å². The van der Waals surface area contributed by atoms with Crippen molar-refractivity contribution in [1.29, 1.82) is 0 Å². The predicted molar refractivity (Wildman–Crippen MR) is 133 cm³/mol. The maximum atomic E-state index is 14.2. The number of aromatic nitrogens is 4. The number of piperazine rings is 1. The Labute approximate surface area is 204 Å². The zero-order chi connectivity index (χ0) is 23.6. The molecule has 0 unspecified atom stereocenters. The maximum Gasteiger partial charge on any atom is 0.228 e. The fraction of sp³-hybridized carbons (Fsp3) is 0.423. The Balaban J connectivity index is 1.26. The van der Waals surface area contributed by atoms with Crippen LogP contribution < -0.4 is 9.80 Å². The summed E-state index contributed by atoms with van der Waals surface area (Å²) in [7, 11) is 0. The van der Waals surface area contributed by atoms with Gasteiger partial charge in [-0.3, -0.25) is 4.90 Å². The highest BCUT2D eigenvalue weighted by Gasteiger charge is 2.24. The van der Waals surface area contributed by atoms with Crippen molar-refractivity contribution in [2.24, 2.45) is 0 Å². The van der Waals surface area contributed by atoms with E-state index in [1.54, 1.807) is 12.3 Å². The van der Waals surface area contributed by atoms with Gasteiger partial charge >= 0.3 is 0 Å². The van der Waals surface area contributed by atoms with Gasteiger partial charge in [-0.1, -0.05) is 25.0 Å². The third kappa shape index (κ3) is 4.48. The monoisotopic (exact) mass is 475 g/mol. The zero-order valence-electron chi connectivity index (χ0n) is 19.8. The lowest BCUT2D eigenvalue weighted by Gasteiger charge is -2.36. The summed E-state index contributed by atoms with van der Waals surface area (Å²) in [6, 6.07) is 10.7. The second-order valence-corrected chi connectivity index (χ2v) is 9.35. The highest BCUT2D eigenvalue weighted by atomic mass is 19.1. The summed E-state index contributed by atoms with van der Waals surface area (Å²) in [6.45, 7) is 5.92. The molecule has 0 amide bonds. The van der Waals surface area contributed by atoms with Crippen molar-refractivity contribution in [2.75, 3.05) is 49.1 Å². The van der Waals surface area contributed by atoms with Crippen LogP contribution in [0.1, 0.15) is 31.2 Å². The Morgan fingerprint density at radius 2 is 1.66 bits per heavy atom. The first-order chi connectivity index (χ1) is 17.3. The van der Waals surface area contributed by atoms with Gasteiger partial charge in [0.15, 0.2) is 11.4 Å². The molecule has 1 aromatic carbocycles. The largest absolute Gasteiger partial charge is 0.461 e. The van der Waals surface area contributed by atoms with Crippen LogP contribution in [0.4, 0.5) is 16.0 Å². The van der Waals surface area contributed by atoms with Gasteiger partial charge < -0.3 is 14.2 Å². The van der Waals surface area contributed by atoms with Crippen LogP contribution in [0.2, 0.25) is 0 Å². The lowest BCUT2D eigenvalue weighted by atomic mass is 10.2. The van der Waals surface area contributed by atoms with E-state index >= 15 is 0 Å². The summed E-state index contributed by atoms with van der Waals surface area (Å²) in [5, 5.41) is 4.82. The Morgan fingerprint density at radius 3 is 2.40 bits per heavy atom. The van der Waals surface area contributed by atoms with Crippen LogP contribution in [0.3, 0.4) is 0 Å². The molecule has 8 nitrogen and oxygen atoms in total. The number of anilines is 2. The lowest BCUT2D eigenvalue weighted by Crippen LogP contribution is -2.46. The number of rotatable bonds is 5. The molecule has 2 aliphatic rings. The van der Waals surface area contributed by atoms with E-state index in [-0.39, 0.29) is 5.82 Å². The minimum absolute atomic E-state index is 0.162. The predicted octanol–water partition coefficient (Wildman–Crippen LogP) is 4.23. The fourth-order valence-electron chi connectivity index (χ4n) is 5.11. The highest BCUT2D eigenvalue weighted by Crippen LogP contribution is 2.25. The Kier molecular flexibility index (Phi) is 6.08. The summed E-state index contributed by atoms with van der Waals surface area (Å²) in [5.74, 6) is 1.91. The van der Waals surface area contributed by atoms with E-state index in [1.165, 1.54) is 18.9 Å². The minimum Gasteiger partial charge on any atom is -0.461 e. The molecule has 0 bridgehead atoms. The highest BCUT2D eigenvalue weighted by molar-refractivity contribution is 5.58. The number of furan rings is 1. The minimum atomic E-state index is -0.162. The number of para-hydroxylation sites is 1. The van der Waals surface area contributed by atoms with Crippen molar-refractivity contribution in [3.05, 3.63) is 60.2 Å². The van der Waals surface area contributed by atoms with E-state index in [2.05, 4.69) is 14.7 Å². The molecule has 0 aliphatic carbocycles. The van der Waals surface area contributed by atoms with Gasteiger partial charge in [-0.05, 0) is 37.1 Å². The fourth-order valence-corrected chi connectivity index (χ4v) is 5.11. The molecule has 9 heteroatoms. The molecule has 4 aromatic rings. The number of hydrogen-bond acceptors (Lipinski definition) is 7. The molecule has 182 valence electrons. The van der Waals surface area contributed by atoms with Gasteiger partial charge in [0.25, 0.3) is 0 Å². The molecule has 0 N–H and O–H groups in total. The van der Waals surface area contributed by atoms with Gasteiger partial charge in [-0.15, -0.1) is 5.10 Å². The molecule has 0 spiro atoms. The summed E-state index contributed by atoms with van der Waals surface area (Å²) < 4.78 is 21.7. The third-order valence-corrected chi connectivity index (χ3v) is 7.01. The van der Waals surface area contributed by atoms with Crippen LogP contribution >= 0.6 is 0 Å². The van der Waals surface area contributed by atoms with Gasteiger partial charge in [0.05, 0.1) is 12.0 Å². The number of nitrogens with zero attached hydrogens (tertiary/aromatic N) is 7. The quantitative estimate of drug-likeness (QED) is 0.428. The normalized spacial score (nSPS) is 17.7. The number of halogens is 1. The molecule has 35 heavy (non-hydrogen) atoms. The molecule has 0 radical (unpaired) electrons. The van der Waals surface area contributed by atoms with Crippen molar-refractivity contribution in [2.45, 2.75) is 32.2 Å². The van der Waals surface area contributed by atoms with Crippen molar-refractivity contribution in [3.63, 3.8) is 0 Å². The molecular formula is C26H30FN7O. The molecule has 0 atom stereocenters. The Hall–Kier alpha value is -3.46. The zero-order valence-corrected chi connectivity index (χ0v) is 19.8. The molecule has 2 aliphatic heterocycles. The number of hydrogen-bond donors (Lipinski definition) is 0. The third-order valence-electron chi connectivity index (χ3n) is 7.01. The number of fused-ring (bicyclic) bond motifs is 1. The SMILES string of the molecule is Fc1ccccc1N1CCN(Cc2cnc(N3CCCCCC3)n3nc(-c4ccco4)nc23)CC1. The van der Waals surface area contributed by atoms with Crippen LogP contribution in [0, 0.1) is 5.82 Å². The molecule has 2 fully saturated rings. The van der Waals surface area contributed by atoms with E-state index in [0.717, 1.165) is 75.8 Å². The van der Waals surface area contributed by atoms with E-state index in [9.17, 15) is 4.39 Å². The summed E-state index contributed by atoms with van der Waals surface area (Å²) in [4.78, 5) is 16.6. The summed E-state index contributed by atoms with van der Waals surface area (Å²) >= 11 is 0. The molecule has 2 saturated heterocycles. The van der Waals surface area contributed by atoms with E-state index in [4.69, 9.17) is 19.5 Å². The van der Waals surface area contributed by atoms with E-state index < -0.39 is 0 Å². The standard InChI is InChI=1S/C26H30FN7O/c27-21-8-3-4-9-22(21)32-15-13-31(14-16-32)19-20-18-28-26(33-11-5-1-2-6-12-33)34-25(20)29-24(30-34)23-10-7-17-35-23/h3-4,7-10,17-18H,1-2,5-6,11-16,19H2. The van der Waals surface area contributed by atoms with Crippen molar-refractivity contribution in [1.82, 2.24) is 24.5 Å². The first kappa shape index (κ1) is 22.0. The maximum absolute atomic E-state index is 14.2. The molecule has 6 rings (SSSR count). The van der Waals surface area contributed by atoms with Crippen LogP contribution in [0.15, 0.2) is 53.3 Å². The summed E-state index contributed by atoms with van der Waals surface area (Å²) in [6.07, 6.45) is 8.44. The average molecular weight is 476 g/mol. The van der Waals surface area contributed by atoms with Crippen molar-refractivity contribution < 1.29 is 8.81 Å². The van der Waals surface area contributed by atoms with Crippen LogP contribution in [-0.2, 0) is 6.54 Å². The van der Waals surface area contributed by atoms with Gasteiger partial charge in [-0.2, -0.15) is 4.52 Å². The van der Waals surface area contributed by atoms with Crippen LogP contribution in [0.25, 0.3) is 17.2 Å². The first-order valence-corrected chi connectivity index (χ1v) is 12.5. The average Bonchev–Trinajstić information content (AvgIpc) is 3.50. The smallest absolute Gasteiger partial charge is 0.228 e. The second kappa shape index (κ2) is 9.65. The van der Waals surface area contributed by atoms with Crippen molar-refractivity contribution in [3.8, 4) is 11.6 Å². The number of benzene rings is 1. The van der Waals surface area contributed by atoms with Gasteiger partial charge in [0.2, 0.25) is 11.8 Å². The second-order valence-electron chi connectivity index (χ2n) is 9.35. The van der Waals surface area contributed by atoms with Gasteiger partial charge in [0, 0.05) is 57.6 Å². The molecule has 0 saturated carbocycles. The van der Waals surface area contributed by atoms with E-state index in [0.29, 0.717) is 17.3 Å². The van der Waals surface area contributed by atoms with Crippen LogP contribution in [0.5, 0.6) is 0 Å². The first-order valence-electron chi connectivity index (χ1n) is 12.5. The lowest BCUT2D eigenvalue weighted by molar-refractivity contribution is 0.249. The molecular weight excluding hydrogens is 445 g/mol. The molecule has 3 aromatic heterocycles. The van der Waals surface area contributed by atoms with Gasteiger partial charge in [-0.25, -0.2) is 14.4 Å².